The lowest BCUT2D eigenvalue weighted by molar-refractivity contribution is 0.949. The molecular weight excluding hydrogens is 152 g/mol. The molecule has 0 bridgehead atoms. The molecule has 2 heterocycles. The van der Waals surface area contributed by atoms with E-state index in [4.69, 9.17) is 5.73 Å². The van der Waals surface area contributed by atoms with Gasteiger partial charge in [-0.2, -0.15) is 0 Å². The first-order valence-electron chi connectivity index (χ1n) is 2.59. The molecule has 0 saturated carbocycles. The van der Waals surface area contributed by atoms with E-state index in [0.29, 0.717) is 5.95 Å². The largest absolute Gasteiger partial charge is 0.368 e. The summed E-state index contributed by atoms with van der Waals surface area (Å²) >= 11 is 1.08. The molecule has 52 valence electrons. The van der Waals surface area contributed by atoms with Gasteiger partial charge in [0.05, 0.1) is 6.20 Å². The van der Waals surface area contributed by atoms with Crippen LogP contribution in [0.1, 0.15) is 0 Å². The molecule has 0 aliphatic rings. The highest BCUT2D eigenvalue weighted by Gasteiger charge is 2.01. The van der Waals surface area contributed by atoms with Crippen molar-refractivity contribution in [2.24, 2.45) is 0 Å². The summed E-state index contributed by atoms with van der Waals surface area (Å²) in [6, 6.07) is 0. The van der Waals surface area contributed by atoms with Crippen molar-refractivity contribution in [2.75, 3.05) is 5.73 Å². The van der Waals surface area contributed by atoms with Crippen LogP contribution in [0.15, 0.2) is 11.0 Å². The second-order valence-electron chi connectivity index (χ2n) is 1.79. The van der Waals surface area contributed by atoms with Gasteiger partial charge >= 0.3 is 4.87 Å². The lowest BCUT2D eigenvalue weighted by Crippen LogP contribution is -2.00. The van der Waals surface area contributed by atoms with Gasteiger partial charge in [0.15, 0.2) is 0 Å². The number of aromatic nitrogens is 3. The Kier molecular flexibility index (Phi) is 0.877. The number of nitrogens with two attached hydrogens (primary N) is 1. The summed E-state index contributed by atoms with van der Waals surface area (Å²) in [4.78, 5) is 15.1. The number of fused-ring (bicyclic) bond motifs is 1. The van der Waals surface area contributed by atoms with Gasteiger partial charge in [-0.15, -0.1) is 0 Å². The van der Waals surface area contributed by atoms with Gasteiger partial charge in [0.25, 0.3) is 0 Å². The summed E-state index contributed by atoms with van der Waals surface area (Å²) in [5.41, 5.74) is 5.38. The van der Waals surface area contributed by atoms with E-state index in [0.717, 1.165) is 16.2 Å². The Labute approximate surface area is 59.1 Å². The molecule has 0 aliphatic carbocycles. The number of nitrogens with one attached hydrogen (secondary N) is 1. The fraction of sp³-hybridized carbons (Fsp3) is 0. The van der Waals surface area contributed by atoms with Crippen LogP contribution in [0.3, 0.4) is 0 Å². The predicted molar refractivity (Wildman–Crippen MR) is 38.1 cm³/mol. The molecule has 3 N–H and O–H groups in total. The van der Waals surface area contributed by atoms with E-state index < -0.39 is 0 Å². The minimum atomic E-state index is -0.121. The SMILES string of the molecule is Nc1ncc2sc(=O)[nH]n12. The minimum Gasteiger partial charge on any atom is -0.368 e. The molecule has 0 radical (unpaired) electrons. The van der Waals surface area contributed by atoms with Gasteiger partial charge in [-0.25, -0.2) is 14.6 Å². The average Bonchev–Trinajstić information content (AvgIpc) is 2.35. The molecular formula is C4H4N4OS. The number of anilines is 1. The van der Waals surface area contributed by atoms with Crippen molar-refractivity contribution in [3.05, 3.63) is 15.9 Å². The first-order chi connectivity index (χ1) is 4.77. The van der Waals surface area contributed by atoms with Crippen molar-refractivity contribution in [1.82, 2.24) is 14.6 Å². The highest BCUT2D eigenvalue weighted by Crippen LogP contribution is 2.06. The quantitative estimate of drug-likeness (QED) is 0.548. The van der Waals surface area contributed by atoms with Crippen molar-refractivity contribution >= 4 is 22.1 Å². The topological polar surface area (TPSA) is 76.2 Å². The van der Waals surface area contributed by atoms with Crippen molar-refractivity contribution in [2.45, 2.75) is 0 Å². The first kappa shape index (κ1) is 5.48. The normalized spacial score (nSPS) is 10.8. The van der Waals surface area contributed by atoms with E-state index in [1.54, 1.807) is 6.20 Å². The standard InChI is InChI=1S/C4H4N4OS/c5-3-6-1-2-8(3)7-4(9)10-2/h1H,(H2,5,6)(H,7,9). The highest BCUT2D eigenvalue weighted by molar-refractivity contribution is 7.14. The molecule has 0 spiro atoms. The summed E-state index contributed by atoms with van der Waals surface area (Å²) in [6.07, 6.45) is 1.55. The van der Waals surface area contributed by atoms with Gasteiger partial charge in [-0.3, -0.25) is 4.79 Å². The zero-order chi connectivity index (χ0) is 7.14. The summed E-state index contributed by atoms with van der Waals surface area (Å²) in [6.45, 7) is 0. The Hall–Kier alpha value is -1.30. The average molecular weight is 156 g/mol. The van der Waals surface area contributed by atoms with Crippen LogP contribution in [0.4, 0.5) is 5.95 Å². The van der Waals surface area contributed by atoms with Crippen LogP contribution in [0.25, 0.3) is 4.83 Å². The fourth-order valence-corrected chi connectivity index (χ4v) is 1.41. The predicted octanol–water partition coefficient (Wildman–Crippen LogP) is -0.334. The van der Waals surface area contributed by atoms with Crippen LogP contribution in [0.2, 0.25) is 0 Å². The third kappa shape index (κ3) is 0.561. The summed E-state index contributed by atoms with van der Waals surface area (Å²) in [5, 5.41) is 2.50. The second-order valence-corrected chi connectivity index (χ2v) is 2.78. The minimum absolute atomic E-state index is 0.121. The van der Waals surface area contributed by atoms with E-state index in [1.807, 2.05) is 0 Å². The number of hydrogen-bond donors (Lipinski definition) is 2. The van der Waals surface area contributed by atoms with Crippen LogP contribution in [-0.2, 0) is 0 Å². The lowest BCUT2D eigenvalue weighted by atomic mass is 11.0. The summed E-state index contributed by atoms with van der Waals surface area (Å²) in [5.74, 6) is 0.313. The van der Waals surface area contributed by atoms with Gasteiger partial charge in [-0.05, 0) is 0 Å². The smallest absolute Gasteiger partial charge is 0.321 e. The van der Waals surface area contributed by atoms with Crippen molar-refractivity contribution in [3.8, 4) is 0 Å². The molecule has 2 rings (SSSR count). The number of rotatable bonds is 0. The molecule has 0 atom stereocenters. The fourth-order valence-electron chi connectivity index (χ4n) is 0.743. The van der Waals surface area contributed by atoms with Crippen LogP contribution < -0.4 is 10.6 Å². The summed E-state index contributed by atoms with van der Waals surface area (Å²) < 4.78 is 1.45. The highest BCUT2D eigenvalue weighted by atomic mass is 32.1. The molecule has 0 aromatic carbocycles. The molecule has 2 aromatic heterocycles. The van der Waals surface area contributed by atoms with Gasteiger partial charge in [0.2, 0.25) is 5.95 Å². The Balaban J connectivity index is 3.03. The van der Waals surface area contributed by atoms with Gasteiger partial charge < -0.3 is 5.73 Å². The van der Waals surface area contributed by atoms with Crippen molar-refractivity contribution in [3.63, 3.8) is 0 Å². The van der Waals surface area contributed by atoms with E-state index in [2.05, 4.69) is 10.1 Å². The third-order valence-corrected chi connectivity index (χ3v) is 1.93. The van der Waals surface area contributed by atoms with E-state index in [-0.39, 0.29) is 4.87 Å². The maximum Gasteiger partial charge on any atom is 0.321 e. The van der Waals surface area contributed by atoms with Crippen LogP contribution in [0.5, 0.6) is 0 Å². The van der Waals surface area contributed by atoms with Crippen LogP contribution in [0, 0.1) is 0 Å². The molecule has 10 heavy (non-hydrogen) atoms. The van der Waals surface area contributed by atoms with Gasteiger partial charge in [0.1, 0.15) is 4.83 Å². The van der Waals surface area contributed by atoms with Crippen LogP contribution >= 0.6 is 11.3 Å². The Morgan fingerprint density at radius 1 is 1.80 bits per heavy atom. The van der Waals surface area contributed by atoms with Crippen LogP contribution in [-0.4, -0.2) is 14.6 Å². The number of hydrogen-bond acceptors (Lipinski definition) is 4. The van der Waals surface area contributed by atoms with E-state index >= 15 is 0 Å². The van der Waals surface area contributed by atoms with Crippen molar-refractivity contribution < 1.29 is 0 Å². The number of H-pyrrole nitrogens is 1. The molecule has 0 amide bonds. The Morgan fingerprint density at radius 2 is 2.60 bits per heavy atom. The molecule has 2 aromatic rings. The molecule has 5 nitrogen and oxygen atoms in total. The maximum absolute atomic E-state index is 10.7. The molecule has 6 heteroatoms. The first-order valence-corrected chi connectivity index (χ1v) is 3.41. The number of aromatic amines is 1. The Morgan fingerprint density at radius 3 is 3.30 bits per heavy atom. The second kappa shape index (κ2) is 1.60. The zero-order valence-corrected chi connectivity index (χ0v) is 5.68. The zero-order valence-electron chi connectivity index (χ0n) is 4.87. The Bertz CT molecular complexity index is 410. The van der Waals surface area contributed by atoms with Gasteiger partial charge in [-0.1, -0.05) is 11.3 Å². The van der Waals surface area contributed by atoms with Gasteiger partial charge in [0, 0.05) is 0 Å². The number of imidazole rings is 1. The number of nitrogen functional groups attached to an aromatic ring is 1. The van der Waals surface area contributed by atoms with Crippen molar-refractivity contribution in [1.29, 1.82) is 0 Å². The summed E-state index contributed by atoms with van der Waals surface area (Å²) in [7, 11) is 0. The lowest BCUT2D eigenvalue weighted by Gasteiger charge is -1.82. The number of nitrogens with zero attached hydrogens (tertiary/aromatic N) is 2. The molecule has 0 fully saturated rings. The molecule has 0 saturated heterocycles. The third-order valence-electron chi connectivity index (χ3n) is 1.16. The molecule has 0 aliphatic heterocycles. The van der Waals surface area contributed by atoms with E-state index in [1.165, 1.54) is 4.52 Å². The molecule has 0 unspecified atom stereocenters. The maximum atomic E-state index is 10.7. The monoisotopic (exact) mass is 156 g/mol. The van der Waals surface area contributed by atoms with E-state index in [9.17, 15) is 4.79 Å².